The zero-order valence-corrected chi connectivity index (χ0v) is 16.9. The molecule has 1 amide bonds. The van der Waals surface area contributed by atoms with Gasteiger partial charge in [-0.25, -0.2) is 0 Å². The van der Waals surface area contributed by atoms with E-state index in [4.69, 9.17) is 13.9 Å². The molecule has 0 fully saturated rings. The molecule has 3 rings (SSSR count). The lowest BCUT2D eigenvalue weighted by Crippen LogP contribution is -2.22. The number of methoxy groups -OCH3 is 2. The molecule has 1 atom stereocenters. The molecular weight excluding hydrogens is 378 g/mol. The first-order valence-corrected chi connectivity index (χ1v) is 9.48. The number of nitrogens with one attached hydrogen (secondary N) is 1. The lowest BCUT2D eigenvalue weighted by molar-refractivity contribution is -0.115. The fraction of sp³-hybridized carbons (Fsp3) is 0.250. The Balaban J connectivity index is 1.69. The molecule has 0 radical (unpaired) electrons. The van der Waals surface area contributed by atoms with Gasteiger partial charge in [0.15, 0.2) is 0 Å². The summed E-state index contributed by atoms with van der Waals surface area (Å²) in [5, 5.41) is 10.9. The summed E-state index contributed by atoms with van der Waals surface area (Å²) >= 11 is 1.19. The van der Waals surface area contributed by atoms with Gasteiger partial charge < -0.3 is 19.2 Å². The van der Waals surface area contributed by atoms with Crippen molar-refractivity contribution in [2.24, 2.45) is 0 Å². The van der Waals surface area contributed by atoms with Gasteiger partial charge in [0.05, 0.1) is 25.0 Å². The number of aromatic nitrogens is 2. The number of hydrogen-bond donors (Lipinski definition) is 1. The summed E-state index contributed by atoms with van der Waals surface area (Å²) in [6.45, 7) is 3.76. The Labute approximate surface area is 167 Å². The Morgan fingerprint density at radius 1 is 1.14 bits per heavy atom. The maximum absolute atomic E-state index is 12.4. The maximum Gasteiger partial charge on any atom is 0.277 e. The van der Waals surface area contributed by atoms with E-state index in [1.807, 2.05) is 31.2 Å². The second kappa shape index (κ2) is 8.79. The van der Waals surface area contributed by atoms with Gasteiger partial charge in [-0.05, 0) is 43.7 Å². The largest absolute Gasteiger partial charge is 0.497 e. The minimum absolute atomic E-state index is 0.141. The number of benzene rings is 2. The number of rotatable bonds is 7. The van der Waals surface area contributed by atoms with Crippen molar-refractivity contribution in [1.29, 1.82) is 0 Å². The van der Waals surface area contributed by atoms with Crippen molar-refractivity contribution in [3.05, 3.63) is 48.0 Å². The number of carbonyl (C=O) groups is 1. The second-order valence-electron chi connectivity index (χ2n) is 6.06. The Kier molecular flexibility index (Phi) is 6.20. The van der Waals surface area contributed by atoms with E-state index in [2.05, 4.69) is 15.5 Å². The average molecular weight is 399 g/mol. The molecule has 1 heterocycles. The number of amides is 1. The fourth-order valence-electron chi connectivity index (χ4n) is 2.51. The van der Waals surface area contributed by atoms with Crippen molar-refractivity contribution in [1.82, 2.24) is 10.2 Å². The van der Waals surface area contributed by atoms with E-state index >= 15 is 0 Å². The number of ether oxygens (including phenoxy) is 2. The number of nitrogens with zero attached hydrogens (tertiary/aromatic N) is 2. The Morgan fingerprint density at radius 3 is 2.68 bits per heavy atom. The number of thioether (sulfide) groups is 1. The molecule has 0 aliphatic carbocycles. The van der Waals surface area contributed by atoms with Crippen molar-refractivity contribution < 1.29 is 18.7 Å². The molecule has 0 spiro atoms. The molecule has 3 aromatic rings. The lowest BCUT2D eigenvalue weighted by atomic mass is 10.2. The van der Waals surface area contributed by atoms with Gasteiger partial charge in [-0.2, -0.15) is 0 Å². The van der Waals surface area contributed by atoms with Gasteiger partial charge in [0.25, 0.3) is 11.1 Å². The summed E-state index contributed by atoms with van der Waals surface area (Å²) in [6, 6.07) is 12.9. The van der Waals surface area contributed by atoms with Gasteiger partial charge in [-0.15, -0.1) is 10.2 Å². The third-order valence-corrected chi connectivity index (χ3v) is 4.91. The van der Waals surface area contributed by atoms with Crippen LogP contribution in [0.15, 0.2) is 52.1 Å². The molecule has 0 aliphatic heterocycles. The van der Waals surface area contributed by atoms with Gasteiger partial charge in [0.1, 0.15) is 11.5 Å². The third-order valence-electron chi connectivity index (χ3n) is 3.98. The minimum Gasteiger partial charge on any atom is -0.497 e. The molecule has 0 saturated carbocycles. The van der Waals surface area contributed by atoms with Gasteiger partial charge >= 0.3 is 0 Å². The summed E-state index contributed by atoms with van der Waals surface area (Å²) < 4.78 is 16.3. The van der Waals surface area contributed by atoms with E-state index in [0.717, 1.165) is 11.3 Å². The predicted octanol–water partition coefficient (Wildman–Crippen LogP) is 4.18. The van der Waals surface area contributed by atoms with E-state index < -0.39 is 5.25 Å². The molecule has 0 bridgehead atoms. The highest BCUT2D eigenvalue weighted by molar-refractivity contribution is 8.00. The number of hydrogen-bond acceptors (Lipinski definition) is 7. The van der Waals surface area contributed by atoms with Crippen molar-refractivity contribution >= 4 is 23.4 Å². The van der Waals surface area contributed by atoms with Crippen LogP contribution in [0.2, 0.25) is 0 Å². The summed E-state index contributed by atoms with van der Waals surface area (Å²) in [6.07, 6.45) is 0. The standard InChI is InChI=1S/C20H21N3O4S/c1-12-6-5-7-14(10-12)21-18(24)13(2)28-20-23-22-19(27-20)16-9-8-15(25-3)11-17(16)26-4/h5-11,13H,1-4H3,(H,21,24)/t13-/m1/s1. The molecule has 0 aliphatic rings. The van der Waals surface area contributed by atoms with Gasteiger partial charge in [0.2, 0.25) is 5.91 Å². The first kappa shape index (κ1) is 19.8. The van der Waals surface area contributed by atoms with E-state index in [-0.39, 0.29) is 5.91 Å². The van der Waals surface area contributed by atoms with Crippen LogP contribution in [0.25, 0.3) is 11.5 Å². The van der Waals surface area contributed by atoms with E-state index in [0.29, 0.717) is 28.2 Å². The monoisotopic (exact) mass is 399 g/mol. The summed E-state index contributed by atoms with van der Waals surface area (Å²) in [7, 11) is 3.14. The van der Waals surface area contributed by atoms with Crippen molar-refractivity contribution in [3.63, 3.8) is 0 Å². The number of anilines is 1. The van der Waals surface area contributed by atoms with Crippen LogP contribution >= 0.6 is 11.8 Å². The topological polar surface area (TPSA) is 86.5 Å². The summed E-state index contributed by atoms with van der Waals surface area (Å²) in [5.74, 6) is 1.40. The van der Waals surface area contributed by atoms with Crippen LogP contribution in [0.3, 0.4) is 0 Å². The molecular formula is C20H21N3O4S. The first-order valence-electron chi connectivity index (χ1n) is 8.60. The summed E-state index contributed by atoms with van der Waals surface area (Å²) in [5.41, 5.74) is 2.49. The van der Waals surface area contributed by atoms with Crippen LogP contribution in [-0.4, -0.2) is 35.6 Å². The van der Waals surface area contributed by atoms with Crippen molar-refractivity contribution in [3.8, 4) is 23.0 Å². The SMILES string of the molecule is COc1ccc(-c2nnc(S[C@H](C)C(=O)Nc3cccc(C)c3)o2)c(OC)c1. The second-order valence-corrected chi connectivity index (χ2v) is 7.35. The molecule has 146 valence electrons. The van der Waals surface area contributed by atoms with Crippen LogP contribution in [0.4, 0.5) is 5.69 Å². The van der Waals surface area contributed by atoms with E-state index in [1.54, 1.807) is 39.3 Å². The lowest BCUT2D eigenvalue weighted by Gasteiger charge is -2.10. The van der Waals surface area contributed by atoms with Crippen LogP contribution in [-0.2, 0) is 4.79 Å². The zero-order chi connectivity index (χ0) is 20.1. The van der Waals surface area contributed by atoms with Crippen molar-refractivity contribution in [2.75, 3.05) is 19.5 Å². The summed E-state index contributed by atoms with van der Waals surface area (Å²) in [4.78, 5) is 12.4. The van der Waals surface area contributed by atoms with E-state index in [1.165, 1.54) is 11.8 Å². The van der Waals surface area contributed by atoms with Gasteiger partial charge in [0, 0.05) is 11.8 Å². The Morgan fingerprint density at radius 2 is 1.96 bits per heavy atom. The minimum atomic E-state index is -0.411. The average Bonchev–Trinajstić information content (AvgIpc) is 3.15. The fourth-order valence-corrected chi connectivity index (χ4v) is 3.20. The first-order chi connectivity index (χ1) is 13.5. The zero-order valence-electron chi connectivity index (χ0n) is 16.1. The highest BCUT2D eigenvalue weighted by Gasteiger charge is 2.20. The molecule has 2 aromatic carbocycles. The van der Waals surface area contributed by atoms with E-state index in [9.17, 15) is 4.79 Å². The molecule has 0 unspecified atom stereocenters. The highest BCUT2D eigenvalue weighted by Crippen LogP contribution is 2.34. The molecule has 0 saturated heterocycles. The van der Waals surface area contributed by atoms with Crippen molar-refractivity contribution in [2.45, 2.75) is 24.3 Å². The molecule has 1 N–H and O–H groups in total. The van der Waals surface area contributed by atoms with Gasteiger partial charge in [-0.3, -0.25) is 4.79 Å². The van der Waals surface area contributed by atoms with Crippen LogP contribution < -0.4 is 14.8 Å². The quantitative estimate of drug-likeness (QED) is 0.596. The molecule has 7 nitrogen and oxygen atoms in total. The normalized spacial score (nSPS) is 11.7. The van der Waals surface area contributed by atoms with Crippen LogP contribution in [0.1, 0.15) is 12.5 Å². The molecule has 1 aromatic heterocycles. The maximum atomic E-state index is 12.4. The molecule has 8 heteroatoms. The number of aryl methyl sites for hydroxylation is 1. The Bertz CT molecular complexity index is 974. The molecule has 28 heavy (non-hydrogen) atoms. The smallest absolute Gasteiger partial charge is 0.277 e. The predicted molar refractivity (Wildman–Crippen MR) is 108 cm³/mol. The third kappa shape index (κ3) is 4.64. The van der Waals surface area contributed by atoms with Crippen LogP contribution in [0, 0.1) is 6.92 Å². The van der Waals surface area contributed by atoms with Gasteiger partial charge in [-0.1, -0.05) is 23.9 Å². The Hall–Kier alpha value is -3.00. The highest BCUT2D eigenvalue weighted by atomic mass is 32.2. The number of carbonyl (C=O) groups excluding carboxylic acids is 1. The van der Waals surface area contributed by atoms with Crippen LogP contribution in [0.5, 0.6) is 11.5 Å².